The molecule has 0 unspecified atom stereocenters. The number of halogens is 34. The van der Waals surface area contributed by atoms with Gasteiger partial charge in [0, 0.05) is 39.3 Å². The van der Waals surface area contributed by atoms with Gasteiger partial charge in [0.25, 0.3) is 11.8 Å². The second-order valence-corrected chi connectivity index (χ2v) is 13.9. The van der Waals surface area contributed by atoms with Crippen LogP contribution in [-0.4, -0.2) is 169 Å². The van der Waals surface area contributed by atoms with Gasteiger partial charge in [-0.05, 0) is 25.9 Å². The lowest BCUT2D eigenvalue weighted by molar-refractivity contribution is -0.459. The molecule has 0 atom stereocenters. The van der Waals surface area contributed by atoms with E-state index in [1.54, 1.807) is 0 Å². The van der Waals surface area contributed by atoms with Crippen molar-refractivity contribution < 1.29 is 159 Å². The van der Waals surface area contributed by atoms with Crippen molar-refractivity contribution in [2.24, 2.45) is 0 Å². The van der Waals surface area contributed by atoms with Crippen LogP contribution in [0.4, 0.5) is 149 Å². The summed E-state index contributed by atoms with van der Waals surface area (Å²) < 4.78 is 455. The van der Waals surface area contributed by atoms with Crippen LogP contribution >= 0.6 is 0 Å². The average Bonchev–Trinajstić information content (AvgIpc) is 3.16. The number of hydrogen-bond donors (Lipinski definition) is 2. The number of alkyl halides is 34. The fourth-order valence-corrected chi connectivity index (χ4v) is 5.08. The van der Waals surface area contributed by atoms with Gasteiger partial charge in [0.2, 0.25) is 0 Å². The monoisotopic (exact) mass is 1090 g/mol. The summed E-state index contributed by atoms with van der Waals surface area (Å²) in [4.78, 5) is 25.5. The second kappa shape index (κ2) is 18.3. The Balaban J connectivity index is 2.87. The molecule has 0 aromatic carbocycles. The van der Waals surface area contributed by atoms with Gasteiger partial charge in [0.15, 0.2) is 0 Å². The third-order valence-corrected chi connectivity index (χ3v) is 9.35. The lowest BCUT2D eigenvalue weighted by Crippen LogP contribution is -2.75. The maximum absolute atomic E-state index is 14.1. The maximum atomic E-state index is 14.1. The van der Waals surface area contributed by atoms with E-state index in [4.69, 9.17) is 0 Å². The first-order valence-electron chi connectivity index (χ1n) is 16.9. The number of rotatable bonds is 22. The van der Waals surface area contributed by atoms with E-state index in [0.29, 0.717) is 10.6 Å². The molecule has 1 heterocycles. The van der Waals surface area contributed by atoms with Gasteiger partial charge in [-0.15, -0.1) is 0 Å². The topological polar surface area (TPSA) is 64.7 Å². The minimum atomic E-state index is -8.93. The van der Waals surface area contributed by atoms with Crippen LogP contribution < -0.4 is 10.6 Å². The van der Waals surface area contributed by atoms with Gasteiger partial charge in [0.05, 0.1) is 0 Å². The molecule has 1 aliphatic rings. The molecule has 0 saturated carbocycles. The third-order valence-electron chi connectivity index (χ3n) is 9.35. The van der Waals surface area contributed by atoms with Crippen LogP contribution in [0.2, 0.25) is 0 Å². The summed E-state index contributed by atoms with van der Waals surface area (Å²) in [6.07, 6.45) is -17.5. The molecule has 1 rings (SSSR count). The van der Waals surface area contributed by atoms with Crippen LogP contribution in [0.1, 0.15) is 12.8 Å². The number of nitrogens with one attached hydrogen (secondary N) is 2. The Kier molecular flexibility index (Phi) is 16.8. The van der Waals surface area contributed by atoms with Gasteiger partial charge in [-0.1, -0.05) is 0 Å². The van der Waals surface area contributed by atoms with Crippen LogP contribution in [0.25, 0.3) is 0 Å². The average molecular weight is 1090 g/mol. The lowest BCUT2D eigenvalue weighted by Gasteiger charge is -2.42. The molecule has 0 aromatic rings. The summed E-state index contributed by atoms with van der Waals surface area (Å²) in [5.41, 5.74) is 0. The number of carbonyl (C=O) groups excluding carboxylic acids is 2. The van der Waals surface area contributed by atoms with Crippen molar-refractivity contribution in [2.45, 2.75) is 108 Å². The minimum Gasteiger partial charge on any atom is -0.351 e. The zero-order valence-electron chi connectivity index (χ0n) is 31.6. The second-order valence-electron chi connectivity index (χ2n) is 13.9. The molecule has 0 aromatic heterocycles. The normalized spacial score (nSPS) is 17.7. The standard InChI is InChI=1S/C28H22F34N4O2/c29-13(30,15(33,34)17(37,38)19(41,42)21(45,46)23(49,50)25(53,54)27(57,58)59)11(67)63-3-1-5-65-7-9-66(10-8-65)6-2-4-64-12(68)14(31,32)16(35,36)18(39,40)20(43,44)22(47,48)24(51,52)26(55,56)28(60,61)62/h1-10H2,(H,63,67)(H,64,68). The first-order chi connectivity index (χ1) is 29.5. The van der Waals surface area contributed by atoms with Crippen LogP contribution in [-0.2, 0) is 9.59 Å². The van der Waals surface area contributed by atoms with E-state index in [-0.39, 0.29) is 26.2 Å². The Labute approximate surface area is 352 Å². The smallest absolute Gasteiger partial charge is 0.351 e. The van der Waals surface area contributed by atoms with Crippen molar-refractivity contribution in [3.05, 3.63) is 0 Å². The fourth-order valence-electron chi connectivity index (χ4n) is 5.08. The molecular weight excluding hydrogens is 1070 g/mol. The molecule has 1 aliphatic heterocycles. The number of nitrogens with zero attached hydrogens (tertiary/aromatic N) is 2. The van der Waals surface area contributed by atoms with E-state index in [2.05, 4.69) is 0 Å². The molecular formula is C28H22F34N4O2. The highest BCUT2D eigenvalue weighted by Crippen LogP contribution is 2.66. The maximum Gasteiger partial charge on any atom is 0.460 e. The largest absolute Gasteiger partial charge is 0.460 e. The lowest BCUT2D eigenvalue weighted by atomic mass is 9.89. The molecule has 0 bridgehead atoms. The zero-order chi connectivity index (χ0) is 54.8. The Morgan fingerprint density at radius 3 is 0.662 bits per heavy atom. The summed E-state index contributed by atoms with van der Waals surface area (Å²) in [5.74, 6) is -127. The Morgan fingerprint density at radius 2 is 0.471 bits per heavy atom. The minimum absolute atomic E-state index is 0.270. The first-order valence-corrected chi connectivity index (χ1v) is 16.9. The molecule has 0 spiro atoms. The molecule has 0 radical (unpaired) electrons. The van der Waals surface area contributed by atoms with Crippen molar-refractivity contribution in [2.75, 3.05) is 52.4 Å². The van der Waals surface area contributed by atoms with Crippen molar-refractivity contribution in [1.82, 2.24) is 20.4 Å². The zero-order valence-corrected chi connectivity index (χ0v) is 31.6. The molecule has 2 N–H and O–H groups in total. The Bertz CT molecular complexity index is 1640. The van der Waals surface area contributed by atoms with Crippen LogP contribution in [0.3, 0.4) is 0 Å². The first kappa shape index (κ1) is 62.5. The molecule has 0 aliphatic carbocycles. The van der Waals surface area contributed by atoms with Crippen molar-refractivity contribution in [1.29, 1.82) is 0 Å². The number of hydrogen-bond acceptors (Lipinski definition) is 4. The summed E-state index contributed by atoms with van der Waals surface area (Å²) in [7, 11) is 0. The van der Waals surface area contributed by atoms with Crippen LogP contribution in [0.5, 0.6) is 0 Å². The van der Waals surface area contributed by atoms with Crippen molar-refractivity contribution >= 4 is 11.8 Å². The van der Waals surface area contributed by atoms with Gasteiger partial charge >= 0.3 is 95.3 Å². The molecule has 6 nitrogen and oxygen atoms in total. The number of amides is 2. The van der Waals surface area contributed by atoms with Crippen LogP contribution in [0, 0.1) is 0 Å². The summed E-state index contributed by atoms with van der Waals surface area (Å²) >= 11 is 0. The Hall–Kier alpha value is -3.52. The summed E-state index contributed by atoms with van der Waals surface area (Å²) in [6.45, 7) is -4.87. The van der Waals surface area contributed by atoms with E-state index in [1.165, 1.54) is 9.80 Å². The molecule has 404 valence electrons. The number of piperazine rings is 1. The predicted octanol–water partition coefficient (Wildman–Crippen LogP) is 9.64. The molecule has 1 saturated heterocycles. The van der Waals surface area contributed by atoms with E-state index < -0.39 is 146 Å². The van der Waals surface area contributed by atoms with E-state index >= 15 is 0 Å². The van der Waals surface area contributed by atoms with E-state index in [0.717, 1.165) is 0 Å². The van der Waals surface area contributed by atoms with Gasteiger partial charge in [-0.3, -0.25) is 9.59 Å². The third kappa shape index (κ3) is 9.40. The Morgan fingerprint density at radius 1 is 0.294 bits per heavy atom. The molecule has 2 amide bonds. The van der Waals surface area contributed by atoms with E-state index in [1.807, 2.05) is 0 Å². The van der Waals surface area contributed by atoms with Gasteiger partial charge < -0.3 is 20.4 Å². The highest BCUT2D eigenvalue weighted by molar-refractivity contribution is 5.85. The quantitative estimate of drug-likeness (QED) is 0.0839. The molecule has 40 heteroatoms. The summed E-state index contributed by atoms with van der Waals surface area (Å²) in [6, 6.07) is 0. The van der Waals surface area contributed by atoms with Crippen molar-refractivity contribution in [3.8, 4) is 0 Å². The van der Waals surface area contributed by atoms with Gasteiger partial charge in [-0.2, -0.15) is 149 Å². The fraction of sp³-hybridized carbons (Fsp3) is 0.929. The van der Waals surface area contributed by atoms with Crippen LogP contribution in [0.15, 0.2) is 0 Å². The predicted molar refractivity (Wildman–Crippen MR) is 150 cm³/mol. The SMILES string of the molecule is O=C(NCCCN1CCN(CCCNC(=O)C(F)(F)C(F)(F)C(F)(F)C(F)(F)C(F)(F)C(F)(F)C(F)(F)C(F)(F)F)CC1)C(F)(F)C(F)(F)C(F)(F)C(F)(F)C(F)(F)C(F)(F)C(F)(F)C(F)(F)F. The highest BCUT2D eigenvalue weighted by atomic mass is 19.4. The highest BCUT2D eigenvalue weighted by Gasteiger charge is 2.97. The van der Waals surface area contributed by atoms with Crippen molar-refractivity contribution in [3.63, 3.8) is 0 Å². The molecule has 68 heavy (non-hydrogen) atoms. The molecule has 1 fully saturated rings. The number of carbonyl (C=O) groups is 2. The van der Waals surface area contributed by atoms with Gasteiger partial charge in [0.1, 0.15) is 0 Å². The summed E-state index contributed by atoms with van der Waals surface area (Å²) in [5, 5.41) is 1.37. The van der Waals surface area contributed by atoms with Gasteiger partial charge in [-0.25, -0.2) is 0 Å². The van der Waals surface area contributed by atoms with E-state index in [9.17, 15) is 159 Å².